The molecule has 5 nitrogen and oxygen atoms in total. The van der Waals surface area contributed by atoms with Gasteiger partial charge in [-0.2, -0.15) is 0 Å². The van der Waals surface area contributed by atoms with Crippen molar-refractivity contribution in [3.8, 4) is 0 Å². The lowest BCUT2D eigenvalue weighted by atomic mass is 10.1. The summed E-state index contributed by atoms with van der Waals surface area (Å²) >= 11 is 0. The molecule has 1 aliphatic rings. The average Bonchev–Trinajstić information content (AvgIpc) is 2.41. The van der Waals surface area contributed by atoms with Gasteiger partial charge in [0, 0.05) is 32.4 Å². The Kier molecular flexibility index (Phi) is 3.81. The topological polar surface area (TPSA) is 48.5 Å². The first-order chi connectivity index (χ1) is 8.61. The predicted octanol–water partition coefficient (Wildman–Crippen LogP) is 0.640. The van der Waals surface area contributed by atoms with Crippen molar-refractivity contribution in [2.45, 2.75) is 13.0 Å². The molecule has 1 aromatic heterocycles. The Labute approximate surface area is 108 Å². The van der Waals surface area contributed by atoms with E-state index in [2.05, 4.69) is 23.3 Å². The van der Waals surface area contributed by atoms with Crippen LogP contribution in [0.2, 0.25) is 0 Å². The molecule has 2 heterocycles. The number of likely N-dealkylation sites (N-methyl/N-ethyl adjacent to an activating group) is 1. The summed E-state index contributed by atoms with van der Waals surface area (Å²) in [4.78, 5) is 19.9. The standard InChI is InChI=1S/C13H20N4O/c1-10(14-2)11-4-5-15-12(8-11)17-7-6-16(3)13(18)9-17/h4-5,8,10,14H,6-7,9H2,1-3H3. The second kappa shape index (κ2) is 5.35. The lowest BCUT2D eigenvalue weighted by Gasteiger charge is -2.33. The summed E-state index contributed by atoms with van der Waals surface area (Å²) in [5.74, 6) is 1.03. The molecule has 0 aliphatic carbocycles. The Morgan fingerprint density at radius 3 is 2.89 bits per heavy atom. The van der Waals surface area contributed by atoms with Crippen molar-refractivity contribution in [1.29, 1.82) is 0 Å². The van der Waals surface area contributed by atoms with Gasteiger partial charge in [0.2, 0.25) is 5.91 Å². The molecule has 1 aromatic rings. The fourth-order valence-corrected chi connectivity index (χ4v) is 2.00. The third-order valence-electron chi connectivity index (χ3n) is 3.48. The number of rotatable bonds is 3. The zero-order chi connectivity index (χ0) is 13.1. The molecule has 5 heteroatoms. The van der Waals surface area contributed by atoms with Crippen molar-refractivity contribution in [1.82, 2.24) is 15.2 Å². The highest BCUT2D eigenvalue weighted by Crippen LogP contribution is 2.19. The molecule has 1 atom stereocenters. The zero-order valence-electron chi connectivity index (χ0n) is 11.2. The second-order valence-electron chi connectivity index (χ2n) is 4.69. The predicted molar refractivity (Wildman–Crippen MR) is 71.6 cm³/mol. The molecule has 1 N–H and O–H groups in total. The first-order valence-corrected chi connectivity index (χ1v) is 6.24. The van der Waals surface area contributed by atoms with E-state index in [1.165, 1.54) is 5.56 Å². The van der Waals surface area contributed by atoms with Gasteiger partial charge in [-0.1, -0.05) is 0 Å². The SMILES string of the molecule is CNC(C)c1ccnc(N2CCN(C)C(=O)C2)c1. The second-order valence-corrected chi connectivity index (χ2v) is 4.69. The van der Waals surface area contributed by atoms with E-state index >= 15 is 0 Å². The first-order valence-electron chi connectivity index (χ1n) is 6.24. The summed E-state index contributed by atoms with van der Waals surface area (Å²) in [6, 6.07) is 4.34. The van der Waals surface area contributed by atoms with E-state index in [-0.39, 0.29) is 11.9 Å². The van der Waals surface area contributed by atoms with Crippen LogP contribution in [-0.4, -0.2) is 49.5 Å². The normalized spacial score (nSPS) is 18.1. The summed E-state index contributed by atoms with van der Waals surface area (Å²) in [5, 5.41) is 3.21. The number of hydrogen-bond donors (Lipinski definition) is 1. The number of aromatic nitrogens is 1. The van der Waals surface area contributed by atoms with Gasteiger partial charge < -0.3 is 15.1 Å². The molecule has 1 unspecified atom stereocenters. The Bertz CT molecular complexity index is 435. The molecule has 1 aliphatic heterocycles. The van der Waals surface area contributed by atoms with Crippen LogP contribution in [0.3, 0.4) is 0 Å². The molecular weight excluding hydrogens is 228 g/mol. The maximum Gasteiger partial charge on any atom is 0.241 e. The van der Waals surface area contributed by atoms with Crippen LogP contribution in [0.4, 0.5) is 5.82 Å². The Morgan fingerprint density at radius 1 is 1.44 bits per heavy atom. The molecule has 2 rings (SSSR count). The number of carbonyl (C=O) groups excluding carboxylic acids is 1. The minimum atomic E-state index is 0.148. The third-order valence-corrected chi connectivity index (χ3v) is 3.48. The summed E-state index contributed by atoms with van der Waals surface area (Å²) in [6.45, 7) is 4.12. The van der Waals surface area contributed by atoms with Gasteiger partial charge in [-0.3, -0.25) is 4.79 Å². The van der Waals surface area contributed by atoms with E-state index in [1.807, 2.05) is 25.1 Å². The van der Waals surface area contributed by atoms with Crippen molar-refractivity contribution in [3.05, 3.63) is 23.9 Å². The average molecular weight is 248 g/mol. The van der Waals surface area contributed by atoms with E-state index in [0.29, 0.717) is 6.54 Å². The summed E-state index contributed by atoms with van der Waals surface area (Å²) in [7, 11) is 3.77. The number of hydrogen-bond acceptors (Lipinski definition) is 4. The molecule has 1 saturated heterocycles. The van der Waals surface area contributed by atoms with Crippen LogP contribution in [0, 0.1) is 0 Å². The highest BCUT2D eigenvalue weighted by Gasteiger charge is 2.22. The molecule has 98 valence electrons. The minimum absolute atomic E-state index is 0.148. The van der Waals surface area contributed by atoms with E-state index in [9.17, 15) is 4.79 Å². The maximum atomic E-state index is 11.7. The van der Waals surface area contributed by atoms with Crippen LogP contribution < -0.4 is 10.2 Å². The Hall–Kier alpha value is -1.62. The van der Waals surface area contributed by atoms with Gasteiger partial charge in [-0.25, -0.2) is 4.98 Å². The summed E-state index contributed by atoms with van der Waals surface area (Å²) < 4.78 is 0. The van der Waals surface area contributed by atoms with Crippen molar-refractivity contribution < 1.29 is 4.79 Å². The minimum Gasteiger partial charge on any atom is -0.346 e. The summed E-state index contributed by atoms with van der Waals surface area (Å²) in [6.07, 6.45) is 1.81. The number of amides is 1. The van der Waals surface area contributed by atoms with Crippen LogP contribution in [0.1, 0.15) is 18.5 Å². The molecule has 0 saturated carbocycles. The fourth-order valence-electron chi connectivity index (χ4n) is 2.00. The fraction of sp³-hybridized carbons (Fsp3) is 0.538. The maximum absolute atomic E-state index is 11.7. The van der Waals surface area contributed by atoms with Gasteiger partial charge in [0.1, 0.15) is 5.82 Å². The monoisotopic (exact) mass is 248 g/mol. The number of nitrogens with zero attached hydrogens (tertiary/aromatic N) is 3. The van der Waals surface area contributed by atoms with Crippen LogP contribution in [0.25, 0.3) is 0 Å². The van der Waals surface area contributed by atoms with E-state index in [1.54, 1.807) is 11.1 Å². The van der Waals surface area contributed by atoms with E-state index < -0.39 is 0 Å². The number of anilines is 1. The first kappa shape index (κ1) is 12.8. The molecule has 18 heavy (non-hydrogen) atoms. The van der Waals surface area contributed by atoms with Gasteiger partial charge >= 0.3 is 0 Å². The molecule has 0 bridgehead atoms. The number of nitrogens with one attached hydrogen (secondary N) is 1. The molecule has 1 fully saturated rings. The number of carbonyl (C=O) groups is 1. The van der Waals surface area contributed by atoms with Gasteiger partial charge in [0.25, 0.3) is 0 Å². The van der Waals surface area contributed by atoms with Crippen LogP contribution in [0.5, 0.6) is 0 Å². The number of pyridine rings is 1. The molecule has 0 aromatic carbocycles. The van der Waals surface area contributed by atoms with Gasteiger partial charge in [0.15, 0.2) is 0 Å². The van der Waals surface area contributed by atoms with Gasteiger partial charge in [-0.05, 0) is 31.7 Å². The molecular formula is C13H20N4O. The Morgan fingerprint density at radius 2 is 2.22 bits per heavy atom. The quantitative estimate of drug-likeness (QED) is 0.853. The van der Waals surface area contributed by atoms with Crippen LogP contribution in [-0.2, 0) is 4.79 Å². The van der Waals surface area contributed by atoms with Crippen molar-refractivity contribution in [2.24, 2.45) is 0 Å². The largest absolute Gasteiger partial charge is 0.346 e. The highest BCUT2D eigenvalue weighted by atomic mass is 16.2. The smallest absolute Gasteiger partial charge is 0.241 e. The summed E-state index contributed by atoms with van der Waals surface area (Å²) in [5.41, 5.74) is 1.19. The van der Waals surface area contributed by atoms with Crippen molar-refractivity contribution in [2.75, 3.05) is 38.6 Å². The van der Waals surface area contributed by atoms with Crippen LogP contribution >= 0.6 is 0 Å². The molecule has 0 spiro atoms. The zero-order valence-corrected chi connectivity index (χ0v) is 11.2. The van der Waals surface area contributed by atoms with Crippen molar-refractivity contribution >= 4 is 11.7 Å². The van der Waals surface area contributed by atoms with Crippen LogP contribution in [0.15, 0.2) is 18.3 Å². The van der Waals surface area contributed by atoms with Gasteiger partial charge in [0.05, 0.1) is 6.54 Å². The molecule has 1 amide bonds. The molecule has 0 radical (unpaired) electrons. The van der Waals surface area contributed by atoms with E-state index in [0.717, 1.165) is 18.9 Å². The van der Waals surface area contributed by atoms with E-state index in [4.69, 9.17) is 0 Å². The van der Waals surface area contributed by atoms with Crippen molar-refractivity contribution in [3.63, 3.8) is 0 Å². The lowest BCUT2D eigenvalue weighted by Crippen LogP contribution is -2.48. The Balaban J connectivity index is 2.16. The lowest BCUT2D eigenvalue weighted by molar-refractivity contribution is -0.129. The highest BCUT2D eigenvalue weighted by molar-refractivity contribution is 5.82. The third kappa shape index (κ3) is 2.61. The van der Waals surface area contributed by atoms with Gasteiger partial charge in [-0.15, -0.1) is 0 Å². The number of piperazine rings is 1.